The van der Waals surface area contributed by atoms with E-state index in [0.29, 0.717) is 12.2 Å². The minimum Gasteiger partial charge on any atom is -0.323 e. The van der Waals surface area contributed by atoms with Crippen LogP contribution in [0.15, 0.2) is 91.0 Å². The minimum atomic E-state index is -4.50. The van der Waals surface area contributed by atoms with Gasteiger partial charge in [-0.05, 0) is 6.42 Å². The lowest BCUT2D eigenvalue weighted by Gasteiger charge is -2.25. The van der Waals surface area contributed by atoms with Crippen LogP contribution in [0.25, 0.3) is 33.9 Å². The average Bonchev–Trinajstić information content (AvgIpc) is 3.25. The second-order valence-corrected chi connectivity index (χ2v) is 10.3. The van der Waals surface area contributed by atoms with E-state index in [1.165, 1.54) is 0 Å². The summed E-state index contributed by atoms with van der Waals surface area (Å²) in [4.78, 5) is 26.2. The lowest BCUT2D eigenvalue weighted by atomic mass is 10.0. The Balaban J connectivity index is 2.00. The maximum Gasteiger partial charge on any atom is 0.348 e. The lowest BCUT2D eigenvalue weighted by molar-refractivity contribution is 0.333. The van der Waals surface area contributed by atoms with Crippen molar-refractivity contribution in [2.24, 2.45) is 0 Å². The second kappa shape index (κ2) is 11.0. The molecule has 0 saturated carbocycles. The van der Waals surface area contributed by atoms with Crippen LogP contribution in [0.3, 0.4) is 0 Å². The summed E-state index contributed by atoms with van der Waals surface area (Å²) in [7, 11) is -4.50. The van der Waals surface area contributed by atoms with Crippen LogP contribution >= 0.6 is 7.60 Å². The molecule has 0 radical (unpaired) electrons. The first kappa shape index (κ1) is 24.2. The van der Waals surface area contributed by atoms with E-state index >= 15 is 0 Å². The van der Waals surface area contributed by atoms with E-state index in [9.17, 15) is 14.4 Å². The van der Waals surface area contributed by atoms with Gasteiger partial charge in [0.2, 0.25) is 0 Å². The molecule has 0 saturated heterocycles. The van der Waals surface area contributed by atoms with Crippen molar-refractivity contribution in [3.05, 3.63) is 91.0 Å². The van der Waals surface area contributed by atoms with E-state index in [0.717, 1.165) is 53.8 Å². The molecule has 176 valence electrons. The van der Waals surface area contributed by atoms with Gasteiger partial charge in [0.1, 0.15) is 11.6 Å². The molecule has 3 aromatic carbocycles. The van der Waals surface area contributed by atoms with Gasteiger partial charge in [0.15, 0.2) is 0 Å². The molecule has 0 spiro atoms. The molecule has 4 rings (SSSR count). The fourth-order valence-electron chi connectivity index (χ4n) is 4.38. The van der Waals surface area contributed by atoms with Gasteiger partial charge in [-0.3, -0.25) is 4.57 Å². The molecule has 34 heavy (non-hydrogen) atoms. The molecule has 0 fully saturated rings. The summed E-state index contributed by atoms with van der Waals surface area (Å²) >= 11 is 0. The van der Waals surface area contributed by atoms with Crippen LogP contribution in [0.2, 0.25) is 0 Å². The highest BCUT2D eigenvalue weighted by atomic mass is 31.2. The van der Waals surface area contributed by atoms with E-state index < -0.39 is 13.4 Å². The Morgan fingerprint density at radius 1 is 0.765 bits per heavy atom. The van der Waals surface area contributed by atoms with Crippen LogP contribution in [0.1, 0.15) is 44.8 Å². The zero-order chi connectivity index (χ0) is 24.0. The number of benzene rings is 3. The van der Waals surface area contributed by atoms with Gasteiger partial charge < -0.3 is 14.4 Å². The molecule has 0 aliphatic rings. The molecule has 0 aliphatic heterocycles. The lowest BCUT2D eigenvalue weighted by Crippen LogP contribution is -2.13. The van der Waals surface area contributed by atoms with E-state index in [1.807, 2.05) is 91.0 Å². The normalized spacial score (nSPS) is 12.6. The second-order valence-electron chi connectivity index (χ2n) is 8.52. The summed E-state index contributed by atoms with van der Waals surface area (Å²) in [5, 5.41) is 0. The number of unbranched alkanes of at least 4 members (excludes halogenated alkanes) is 3. The predicted octanol–water partition coefficient (Wildman–Crippen LogP) is 7.53. The molecule has 0 amide bonds. The van der Waals surface area contributed by atoms with Gasteiger partial charge in [0.05, 0.1) is 11.4 Å². The van der Waals surface area contributed by atoms with Crippen molar-refractivity contribution in [2.45, 2.75) is 44.8 Å². The molecule has 1 unspecified atom stereocenters. The van der Waals surface area contributed by atoms with Crippen LogP contribution in [0.4, 0.5) is 0 Å². The maximum atomic E-state index is 13.0. The zero-order valence-electron chi connectivity index (χ0n) is 19.4. The van der Waals surface area contributed by atoms with E-state index in [-0.39, 0.29) is 0 Å². The molecule has 0 aliphatic carbocycles. The smallest absolute Gasteiger partial charge is 0.323 e. The minimum absolute atomic E-state index is 0.383. The number of nitrogens with zero attached hydrogens (tertiary/aromatic N) is 2. The molecule has 5 nitrogen and oxygen atoms in total. The summed E-state index contributed by atoms with van der Waals surface area (Å²) in [6.07, 6.45) is 4.17. The van der Waals surface area contributed by atoms with Gasteiger partial charge in [-0.1, -0.05) is 124 Å². The summed E-state index contributed by atoms with van der Waals surface area (Å²) < 4.78 is 14.8. The van der Waals surface area contributed by atoms with Gasteiger partial charge >= 0.3 is 7.60 Å². The van der Waals surface area contributed by atoms with Crippen molar-refractivity contribution < 1.29 is 14.4 Å². The van der Waals surface area contributed by atoms with Gasteiger partial charge in [0.25, 0.3) is 0 Å². The maximum absolute atomic E-state index is 13.0. The Bertz CT molecular complexity index is 1230. The molecule has 0 bridgehead atoms. The van der Waals surface area contributed by atoms with E-state index in [2.05, 4.69) is 6.92 Å². The summed E-state index contributed by atoms with van der Waals surface area (Å²) in [6.45, 7) is 2.13. The molecular formula is C28H31N2O3P. The first-order valence-corrected chi connectivity index (χ1v) is 13.5. The fraction of sp³-hybridized carbons (Fsp3) is 0.250. The third kappa shape index (κ3) is 5.39. The summed E-state index contributed by atoms with van der Waals surface area (Å²) in [6, 6.07) is 29.3. The Morgan fingerprint density at radius 3 is 1.82 bits per heavy atom. The molecule has 4 aromatic rings. The Labute approximate surface area is 201 Å². The SMILES string of the molecule is CCCCCCC(n1c(-c2ccccc2)nc(-c2ccccc2)c1-c1ccccc1)P(=O)(O)O. The topological polar surface area (TPSA) is 75.4 Å². The Hall–Kier alpha value is -2.98. The molecule has 6 heteroatoms. The Morgan fingerprint density at radius 2 is 1.29 bits per heavy atom. The molecule has 1 atom stereocenters. The predicted molar refractivity (Wildman–Crippen MR) is 138 cm³/mol. The largest absolute Gasteiger partial charge is 0.348 e. The molecule has 1 aromatic heterocycles. The van der Waals surface area contributed by atoms with Gasteiger partial charge in [-0.2, -0.15) is 0 Å². The first-order chi connectivity index (χ1) is 16.5. The van der Waals surface area contributed by atoms with Gasteiger partial charge in [-0.25, -0.2) is 4.98 Å². The first-order valence-electron chi connectivity index (χ1n) is 11.8. The zero-order valence-corrected chi connectivity index (χ0v) is 20.3. The van der Waals surface area contributed by atoms with Crippen molar-refractivity contribution in [3.63, 3.8) is 0 Å². The highest BCUT2D eigenvalue weighted by Crippen LogP contribution is 2.55. The number of aromatic nitrogens is 2. The molecule has 2 N–H and O–H groups in total. The third-order valence-electron chi connectivity index (χ3n) is 6.04. The van der Waals surface area contributed by atoms with Crippen LogP contribution in [-0.4, -0.2) is 19.3 Å². The highest BCUT2D eigenvalue weighted by Gasteiger charge is 2.35. The van der Waals surface area contributed by atoms with Crippen LogP contribution in [-0.2, 0) is 4.57 Å². The molecular weight excluding hydrogens is 443 g/mol. The van der Waals surface area contributed by atoms with E-state index in [1.54, 1.807) is 4.57 Å². The van der Waals surface area contributed by atoms with Gasteiger partial charge in [-0.15, -0.1) is 0 Å². The third-order valence-corrected chi connectivity index (χ3v) is 7.31. The van der Waals surface area contributed by atoms with Crippen LogP contribution < -0.4 is 0 Å². The quantitative estimate of drug-likeness (QED) is 0.184. The number of rotatable bonds is 10. The van der Waals surface area contributed by atoms with Crippen molar-refractivity contribution in [1.82, 2.24) is 9.55 Å². The average molecular weight is 475 g/mol. The highest BCUT2D eigenvalue weighted by molar-refractivity contribution is 7.51. The fourth-order valence-corrected chi connectivity index (χ4v) is 5.43. The van der Waals surface area contributed by atoms with E-state index in [4.69, 9.17) is 4.98 Å². The van der Waals surface area contributed by atoms with Crippen LogP contribution in [0, 0.1) is 0 Å². The standard InChI is InChI=1S/C28H31N2O3P/c1-2-3-4-14-21-25(34(31,32)33)30-27(23-17-10-6-11-18-23)26(22-15-8-5-9-16-22)29-28(30)24-19-12-7-13-20-24/h5-13,15-20,25H,2-4,14,21H2,1H3,(H2,31,32,33). The van der Waals surface area contributed by atoms with Gasteiger partial charge in [0, 0.05) is 16.7 Å². The van der Waals surface area contributed by atoms with Crippen molar-refractivity contribution in [2.75, 3.05) is 0 Å². The number of hydrogen-bond acceptors (Lipinski definition) is 2. The van der Waals surface area contributed by atoms with Crippen molar-refractivity contribution >= 4 is 7.60 Å². The summed E-state index contributed by atoms with van der Waals surface area (Å²) in [5.74, 6) is -0.429. The monoisotopic (exact) mass is 474 g/mol. The number of imidazole rings is 1. The Kier molecular flexibility index (Phi) is 7.79. The summed E-state index contributed by atoms with van der Waals surface area (Å²) in [5.41, 5.74) is 4.07. The molecule has 1 heterocycles. The van der Waals surface area contributed by atoms with Crippen molar-refractivity contribution in [1.29, 1.82) is 0 Å². The number of hydrogen-bond donors (Lipinski definition) is 2. The van der Waals surface area contributed by atoms with Crippen LogP contribution in [0.5, 0.6) is 0 Å². The van der Waals surface area contributed by atoms with Crippen molar-refractivity contribution in [3.8, 4) is 33.9 Å².